The van der Waals surface area contributed by atoms with Crippen molar-refractivity contribution >= 4 is 54.8 Å². The average Bonchev–Trinajstić information content (AvgIpc) is 3.35. The summed E-state index contributed by atoms with van der Waals surface area (Å²) in [5.74, 6) is 0.610. The number of oxazole rings is 1. The molecule has 1 saturated carbocycles. The summed E-state index contributed by atoms with van der Waals surface area (Å²) in [4.78, 5) is 23.2. The molecule has 5 aromatic rings. The molecule has 6 rings (SSSR count). The molecule has 0 N–H and O–H groups in total. The number of rotatable bonds is 4. The zero-order chi connectivity index (χ0) is 22.0. The summed E-state index contributed by atoms with van der Waals surface area (Å²) in [6, 6.07) is 8.44. The zero-order valence-corrected chi connectivity index (χ0v) is 18.8. The van der Waals surface area contributed by atoms with Crippen LogP contribution in [0.1, 0.15) is 30.1 Å². The van der Waals surface area contributed by atoms with Gasteiger partial charge in [0.2, 0.25) is 0 Å². The Bertz CT molecular complexity index is 1570. The lowest BCUT2D eigenvalue weighted by Gasteiger charge is -2.15. The number of thiophene rings is 1. The normalized spacial score (nSPS) is 14.0. The Morgan fingerprint density at radius 3 is 2.81 bits per heavy atom. The highest BCUT2D eigenvalue weighted by Crippen LogP contribution is 2.46. The van der Waals surface area contributed by atoms with Crippen molar-refractivity contribution in [2.45, 2.75) is 25.3 Å². The monoisotopic (exact) mass is 485 g/mol. The highest BCUT2D eigenvalue weighted by molar-refractivity contribution is 7.25. The maximum Gasteiger partial charge on any atom is 0.263 e. The van der Waals surface area contributed by atoms with Crippen LogP contribution < -0.4 is 5.56 Å². The highest BCUT2D eigenvalue weighted by atomic mass is 35.5. The number of hydrogen-bond acceptors (Lipinski definition) is 5. The van der Waals surface area contributed by atoms with E-state index in [0.717, 1.165) is 28.5 Å². The third-order valence-corrected chi connectivity index (χ3v) is 7.27. The van der Waals surface area contributed by atoms with E-state index in [1.54, 1.807) is 18.3 Å². The van der Waals surface area contributed by atoms with E-state index in [0.29, 0.717) is 32.4 Å². The number of hydrogen-bond donors (Lipinski definition) is 0. The summed E-state index contributed by atoms with van der Waals surface area (Å²) >= 11 is 13.6. The topological polar surface area (TPSA) is 60.9 Å². The van der Waals surface area contributed by atoms with E-state index in [4.69, 9.17) is 32.6 Å². The molecule has 3 aromatic heterocycles. The standard InChI is InChI=1S/C23H14Cl2FN3O2S/c24-12-3-4-14-19(5-12)32-22-20(14)23(30)29(9-13-8-27-10-31-13)21(28-22)16-7-18(26)17(25)6-15(16)11-1-2-11/h3-8,10-11H,1-2,9H2. The van der Waals surface area contributed by atoms with Gasteiger partial charge in [0.1, 0.15) is 22.2 Å². The minimum absolute atomic E-state index is 0.0670. The first-order chi connectivity index (χ1) is 15.5. The molecule has 0 aliphatic heterocycles. The van der Waals surface area contributed by atoms with E-state index in [2.05, 4.69) is 4.98 Å². The van der Waals surface area contributed by atoms with Gasteiger partial charge >= 0.3 is 0 Å². The molecule has 160 valence electrons. The van der Waals surface area contributed by atoms with Gasteiger partial charge in [0.05, 0.1) is 23.2 Å². The minimum atomic E-state index is -0.547. The van der Waals surface area contributed by atoms with E-state index in [9.17, 15) is 9.18 Å². The Morgan fingerprint density at radius 2 is 2.06 bits per heavy atom. The quantitative estimate of drug-likeness (QED) is 0.286. The number of aromatic nitrogens is 3. The molecular weight excluding hydrogens is 472 g/mol. The van der Waals surface area contributed by atoms with Crippen LogP contribution in [-0.2, 0) is 6.54 Å². The Morgan fingerprint density at radius 1 is 1.22 bits per heavy atom. The van der Waals surface area contributed by atoms with Crippen LogP contribution in [0.5, 0.6) is 0 Å². The molecule has 3 heterocycles. The summed E-state index contributed by atoms with van der Waals surface area (Å²) < 4.78 is 22.4. The molecule has 0 saturated heterocycles. The summed E-state index contributed by atoms with van der Waals surface area (Å²) in [6.45, 7) is 0.121. The third-order valence-electron chi connectivity index (χ3n) is 5.70. The van der Waals surface area contributed by atoms with Gasteiger partial charge < -0.3 is 4.42 Å². The lowest BCUT2D eigenvalue weighted by molar-refractivity contribution is 0.486. The van der Waals surface area contributed by atoms with Crippen LogP contribution in [0.4, 0.5) is 4.39 Å². The van der Waals surface area contributed by atoms with Crippen LogP contribution in [0.3, 0.4) is 0 Å². The van der Waals surface area contributed by atoms with Crippen LogP contribution in [0.25, 0.3) is 31.7 Å². The van der Waals surface area contributed by atoms with Crippen molar-refractivity contribution < 1.29 is 8.81 Å². The number of benzene rings is 2. The molecule has 0 radical (unpaired) electrons. The first kappa shape index (κ1) is 19.9. The minimum Gasteiger partial charge on any atom is -0.447 e. The van der Waals surface area contributed by atoms with Crippen molar-refractivity contribution in [2.24, 2.45) is 0 Å². The maximum absolute atomic E-state index is 14.6. The van der Waals surface area contributed by atoms with E-state index in [-0.39, 0.29) is 23.0 Å². The summed E-state index contributed by atoms with van der Waals surface area (Å²) in [5.41, 5.74) is 1.24. The van der Waals surface area contributed by atoms with Crippen LogP contribution in [0.15, 0.2) is 52.1 Å². The Balaban J connectivity index is 1.70. The fourth-order valence-corrected chi connectivity index (χ4v) is 5.56. The molecule has 1 aliphatic rings. The van der Waals surface area contributed by atoms with E-state index < -0.39 is 5.82 Å². The molecule has 1 aliphatic carbocycles. The lowest BCUT2D eigenvalue weighted by atomic mass is 10.0. The second-order valence-corrected chi connectivity index (χ2v) is 9.72. The van der Waals surface area contributed by atoms with E-state index in [1.807, 2.05) is 12.1 Å². The van der Waals surface area contributed by atoms with E-state index in [1.165, 1.54) is 28.4 Å². The van der Waals surface area contributed by atoms with Crippen molar-refractivity contribution in [1.29, 1.82) is 0 Å². The van der Waals surface area contributed by atoms with Gasteiger partial charge in [-0.3, -0.25) is 9.36 Å². The Kier molecular flexibility index (Phi) is 4.61. The lowest BCUT2D eigenvalue weighted by Crippen LogP contribution is -2.24. The second-order valence-electron chi connectivity index (χ2n) is 7.84. The Labute approximate surface area is 195 Å². The van der Waals surface area contributed by atoms with Gasteiger partial charge in [0.25, 0.3) is 5.56 Å². The first-order valence-corrected chi connectivity index (χ1v) is 11.6. The SMILES string of the molecule is O=c1c2c(nc(-c3cc(F)c(Cl)cc3C3CC3)n1Cc1cnco1)sc1cc(Cl)ccc12. The number of nitrogens with zero attached hydrogens (tertiary/aromatic N) is 3. The van der Waals surface area contributed by atoms with Gasteiger partial charge in [-0.05, 0) is 48.6 Å². The predicted molar refractivity (Wildman–Crippen MR) is 124 cm³/mol. The summed E-state index contributed by atoms with van der Waals surface area (Å²) in [6.07, 6.45) is 4.84. The van der Waals surface area contributed by atoms with Gasteiger partial charge in [-0.15, -0.1) is 11.3 Å². The van der Waals surface area contributed by atoms with Crippen molar-refractivity contribution in [1.82, 2.24) is 14.5 Å². The molecule has 5 nitrogen and oxygen atoms in total. The molecule has 9 heteroatoms. The van der Waals surface area contributed by atoms with Crippen molar-refractivity contribution in [3.63, 3.8) is 0 Å². The molecule has 2 aromatic carbocycles. The molecule has 0 spiro atoms. The largest absolute Gasteiger partial charge is 0.447 e. The number of halogens is 3. The molecule has 32 heavy (non-hydrogen) atoms. The zero-order valence-electron chi connectivity index (χ0n) is 16.4. The van der Waals surface area contributed by atoms with Crippen LogP contribution in [-0.4, -0.2) is 14.5 Å². The fraction of sp³-hybridized carbons (Fsp3) is 0.174. The van der Waals surface area contributed by atoms with Gasteiger partial charge in [-0.1, -0.05) is 29.3 Å². The predicted octanol–water partition coefficient (Wildman–Crippen LogP) is 6.64. The molecule has 1 fully saturated rings. The van der Waals surface area contributed by atoms with Crippen molar-refractivity contribution in [2.75, 3.05) is 0 Å². The van der Waals surface area contributed by atoms with Crippen LogP contribution in [0, 0.1) is 5.82 Å². The summed E-state index contributed by atoms with van der Waals surface area (Å²) in [5, 5.41) is 1.95. The molecular formula is C23H14Cl2FN3O2S. The molecule has 0 atom stereocenters. The van der Waals surface area contributed by atoms with Crippen LogP contribution >= 0.6 is 34.5 Å². The highest BCUT2D eigenvalue weighted by Gasteiger charge is 2.30. The molecule has 0 bridgehead atoms. The summed E-state index contributed by atoms with van der Waals surface area (Å²) in [7, 11) is 0. The average molecular weight is 486 g/mol. The van der Waals surface area contributed by atoms with E-state index >= 15 is 0 Å². The van der Waals surface area contributed by atoms with Crippen LogP contribution in [0.2, 0.25) is 10.0 Å². The maximum atomic E-state index is 14.6. The van der Waals surface area contributed by atoms with Gasteiger partial charge in [-0.2, -0.15) is 0 Å². The molecule has 0 amide bonds. The Hall–Kier alpha value is -2.74. The second kappa shape index (κ2) is 7.40. The van der Waals surface area contributed by atoms with Crippen molar-refractivity contribution in [3.8, 4) is 11.4 Å². The van der Waals surface area contributed by atoms with Crippen molar-refractivity contribution in [3.05, 3.63) is 80.5 Å². The van der Waals surface area contributed by atoms with Gasteiger partial charge in [-0.25, -0.2) is 14.4 Å². The smallest absolute Gasteiger partial charge is 0.263 e. The third kappa shape index (κ3) is 3.23. The number of fused-ring (bicyclic) bond motifs is 3. The van der Waals surface area contributed by atoms with Gasteiger partial charge in [0, 0.05) is 20.7 Å². The first-order valence-electron chi connectivity index (χ1n) is 9.99. The fourth-order valence-electron chi connectivity index (χ4n) is 4.05. The molecule has 0 unspecified atom stereocenters. The van der Waals surface area contributed by atoms with Gasteiger partial charge in [0.15, 0.2) is 6.39 Å².